The number of amides is 1. The van der Waals surface area contributed by atoms with E-state index >= 15 is 0 Å². The molecule has 86 valence electrons. The van der Waals surface area contributed by atoms with Gasteiger partial charge in [-0.3, -0.25) is 9.59 Å². The average molecular weight is 239 g/mol. The Morgan fingerprint density at radius 3 is 2.62 bits per heavy atom. The number of nitrogens with zero attached hydrogens (tertiary/aromatic N) is 1. The molecule has 5 heteroatoms. The Morgan fingerprint density at radius 1 is 1.44 bits per heavy atom. The van der Waals surface area contributed by atoms with E-state index in [-0.39, 0.29) is 5.24 Å². The van der Waals surface area contributed by atoms with Gasteiger partial charge in [0.1, 0.15) is 5.75 Å². The summed E-state index contributed by atoms with van der Waals surface area (Å²) in [4.78, 5) is 24.4. The van der Waals surface area contributed by atoms with Crippen LogP contribution in [0.2, 0.25) is 0 Å². The number of rotatable bonds is 3. The van der Waals surface area contributed by atoms with Crippen LogP contribution in [0.5, 0.6) is 5.75 Å². The third-order valence-electron chi connectivity index (χ3n) is 1.91. The summed E-state index contributed by atoms with van der Waals surface area (Å²) in [6.45, 7) is 0. The van der Waals surface area contributed by atoms with E-state index in [0.29, 0.717) is 16.2 Å². The lowest BCUT2D eigenvalue weighted by Gasteiger charge is -2.11. The first-order valence-electron chi connectivity index (χ1n) is 4.61. The Bertz CT molecular complexity index is 404. The van der Waals surface area contributed by atoms with E-state index in [1.165, 1.54) is 12.0 Å². The van der Waals surface area contributed by atoms with Crippen molar-refractivity contribution in [3.8, 4) is 5.75 Å². The predicted molar refractivity (Wildman–Crippen MR) is 63.3 cm³/mol. The molecular weight excluding hydrogens is 226 g/mol. The molecule has 16 heavy (non-hydrogen) atoms. The maximum Gasteiger partial charge on any atom is 0.285 e. The quantitative estimate of drug-likeness (QED) is 0.599. The highest BCUT2D eigenvalue weighted by molar-refractivity contribution is 8.13. The molecule has 0 fully saturated rings. The lowest BCUT2D eigenvalue weighted by atomic mass is 10.2. The number of methoxy groups -OCH3 is 1. The van der Waals surface area contributed by atoms with E-state index in [4.69, 9.17) is 4.74 Å². The summed E-state index contributed by atoms with van der Waals surface area (Å²) >= 11 is 1.01. The molecular formula is C11H13NO3S. The molecule has 0 heterocycles. The molecule has 0 aliphatic heterocycles. The molecule has 0 unspecified atom stereocenters. The first-order chi connectivity index (χ1) is 7.58. The van der Waals surface area contributed by atoms with Crippen LogP contribution in [0.15, 0.2) is 23.1 Å². The lowest BCUT2D eigenvalue weighted by Crippen LogP contribution is -2.16. The highest BCUT2D eigenvalue weighted by atomic mass is 32.2. The highest BCUT2D eigenvalue weighted by Gasteiger charge is 2.11. The Balaban J connectivity index is 3.00. The fraction of sp³-hybridized carbons (Fsp3) is 0.273. The Labute approximate surface area is 98.6 Å². The third-order valence-corrected chi connectivity index (χ3v) is 3.02. The van der Waals surface area contributed by atoms with E-state index in [1.807, 2.05) is 0 Å². The summed E-state index contributed by atoms with van der Waals surface area (Å²) in [5.41, 5.74) is 0.487. The normalized spacial score (nSPS) is 9.69. The molecule has 0 bridgehead atoms. The van der Waals surface area contributed by atoms with E-state index in [9.17, 15) is 9.59 Å². The molecule has 0 atom stereocenters. The SMILES string of the molecule is COc1ccc(C=O)c(SC(=O)N(C)C)c1. The van der Waals surface area contributed by atoms with E-state index in [0.717, 1.165) is 18.0 Å². The van der Waals surface area contributed by atoms with Crippen LogP contribution in [0.1, 0.15) is 10.4 Å². The van der Waals surface area contributed by atoms with Gasteiger partial charge in [-0.2, -0.15) is 0 Å². The van der Waals surface area contributed by atoms with E-state index < -0.39 is 0 Å². The summed E-state index contributed by atoms with van der Waals surface area (Å²) in [6, 6.07) is 5.00. The molecule has 0 saturated carbocycles. The number of benzene rings is 1. The van der Waals surface area contributed by atoms with Gasteiger partial charge >= 0.3 is 0 Å². The van der Waals surface area contributed by atoms with Gasteiger partial charge in [-0.1, -0.05) is 0 Å². The first kappa shape index (κ1) is 12.6. The van der Waals surface area contributed by atoms with Crippen LogP contribution in [0.4, 0.5) is 4.79 Å². The van der Waals surface area contributed by atoms with Gasteiger partial charge in [0, 0.05) is 24.6 Å². The first-order valence-corrected chi connectivity index (χ1v) is 5.42. The molecule has 0 aliphatic rings. The van der Waals surface area contributed by atoms with Crippen molar-refractivity contribution in [3.63, 3.8) is 0 Å². The van der Waals surface area contributed by atoms with Crippen LogP contribution in [0, 0.1) is 0 Å². The van der Waals surface area contributed by atoms with Gasteiger partial charge in [0.2, 0.25) is 0 Å². The minimum Gasteiger partial charge on any atom is -0.497 e. The Hall–Kier alpha value is -1.49. The maximum atomic E-state index is 11.5. The van der Waals surface area contributed by atoms with Crippen LogP contribution >= 0.6 is 11.8 Å². The number of carbonyl (C=O) groups excluding carboxylic acids is 2. The van der Waals surface area contributed by atoms with Gasteiger partial charge in [-0.05, 0) is 30.0 Å². The van der Waals surface area contributed by atoms with E-state index in [1.54, 1.807) is 32.3 Å². The van der Waals surface area contributed by atoms with Crippen LogP contribution in [-0.4, -0.2) is 37.6 Å². The lowest BCUT2D eigenvalue weighted by molar-refractivity contribution is 0.112. The van der Waals surface area contributed by atoms with Gasteiger partial charge < -0.3 is 9.64 Å². The largest absolute Gasteiger partial charge is 0.497 e. The van der Waals surface area contributed by atoms with E-state index in [2.05, 4.69) is 0 Å². The summed E-state index contributed by atoms with van der Waals surface area (Å²) in [5, 5.41) is -0.128. The minimum absolute atomic E-state index is 0.128. The standard InChI is InChI=1S/C11H13NO3S/c1-12(2)11(14)16-10-6-9(15-3)5-4-8(10)7-13/h4-7H,1-3H3. The van der Waals surface area contributed by atoms with Crippen LogP contribution in [0.3, 0.4) is 0 Å². The summed E-state index contributed by atoms with van der Waals surface area (Å²) in [6.07, 6.45) is 0.727. The van der Waals surface area contributed by atoms with Crippen molar-refractivity contribution in [1.29, 1.82) is 0 Å². The molecule has 4 nitrogen and oxygen atoms in total. The average Bonchev–Trinajstić information content (AvgIpc) is 2.28. The zero-order valence-corrected chi connectivity index (χ0v) is 10.2. The fourth-order valence-corrected chi connectivity index (χ4v) is 1.79. The second-order valence-corrected chi connectivity index (χ2v) is 4.28. The van der Waals surface area contributed by atoms with Gasteiger partial charge in [-0.15, -0.1) is 0 Å². The molecule has 0 spiro atoms. The summed E-state index contributed by atoms with van der Waals surface area (Å²) < 4.78 is 5.04. The van der Waals surface area contributed by atoms with Gasteiger partial charge in [0.15, 0.2) is 6.29 Å². The van der Waals surface area contributed by atoms with Gasteiger partial charge in [0.25, 0.3) is 5.24 Å². The third kappa shape index (κ3) is 3.00. The van der Waals surface area contributed by atoms with Crippen molar-refractivity contribution in [2.24, 2.45) is 0 Å². The molecule has 1 aromatic carbocycles. The Morgan fingerprint density at radius 2 is 2.12 bits per heavy atom. The minimum atomic E-state index is -0.128. The number of thioether (sulfide) groups is 1. The monoisotopic (exact) mass is 239 g/mol. The predicted octanol–water partition coefficient (Wildman–Crippen LogP) is 2.28. The smallest absolute Gasteiger partial charge is 0.285 e. The molecule has 0 N–H and O–H groups in total. The number of hydrogen-bond acceptors (Lipinski definition) is 4. The maximum absolute atomic E-state index is 11.5. The fourth-order valence-electron chi connectivity index (χ4n) is 1.01. The summed E-state index contributed by atoms with van der Waals surface area (Å²) in [5.74, 6) is 0.625. The number of carbonyl (C=O) groups is 2. The van der Waals surface area contributed by atoms with Crippen LogP contribution in [-0.2, 0) is 0 Å². The van der Waals surface area contributed by atoms with Crippen molar-refractivity contribution < 1.29 is 14.3 Å². The number of aldehydes is 1. The Kier molecular flexibility index (Phi) is 4.37. The number of hydrogen-bond donors (Lipinski definition) is 0. The van der Waals surface area contributed by atoms with Crippen LogP contribution < -0.4 is 4.74 Å². The zero-order chi connectivity index (χ0) is 12.1. The molecule has 0 radical (unpaired) electrons. The van der Waals surface area contributed by atoms with Crippen molar-refractivity contribution >= 4 is 23.3 Å². The topological polar surface area (TPSA) is 46.6 Å². The van der Waals surface area contributed by atoms with Crippen molar-refractivity contribution in [2.45, 2.75) is 4.90 Å². The van der Waals surface area contributed by atoms with Crippen molar-refractivity contribution in [1.82, 2.24) is 4.90 Å². The van der Waals surface area contributed by atoms with Crippen LogP contribution in [0.25, 0.3) is 0 Å². The molecule has 1 amide bonds. The highest BCUT2D eigenvalue weighted by Crippen LogP contribution is 2.27. The zero-order valence-electron chi connectivity index (χ0n) is 9.39. The van der Waals surface area contributed by atoms with Gasteiger partial charge in [0.05, 0.1) is 7.11 Å². The second kappa shape index (κ2) is 5.55. The molecule has 0 saturated heterocycles. The second-order valence-electron chi connectivity index (χ2n) is 3.28. The molecule has 1 rings (SSSR count). The van der Waals surface area contributed by atoms with Gasteiger partial charge in [-0.25, -0.2) is 0 Å². The van der Waals surface area contributed by atoms with Crippen molar-refractivity contribution in [3.05, 3.63) is 23.8 Å². The number of ether oxygens (including phenoxy) is 1. The van der Waals surface area contributed by atoms with Crippen molar-refractivity contribution in [2.75, 3.05) is 21.2 Å². The molecule has 1 aromatic rings. The summed E-state index contributed by atoms with van der Waals surface area (Å²) in [7, 11) is 4.87. The molecule has 0 aromatic heterocycles. The molecule has 0 aliphatic carbocycles.